The topological polar surface area (TPSA) is 132 Å². The van der Waals surface area contributed by atoms with Crippen LogP contribution in [0.4, 0.5) is 23.2 Å². The number of sulfonamides is 1. The van der Waals surface area contributed by atoms with Gasteiger partial charge >= 0.3 is 6.61 Å². The third-order valence-corrected chi connectivity index (χ3v) is 10.2. The van der Waals surface area contributed by atoms with Gasteiger partial charge in [0, 0.05) is 60.6 Å². The second-order valence-electron chi connectivity index (χ2n) is 12.2. The Bertz CT molecular complexity index is 2220. The Balaban J connectivity index is 1.50. The van der Waals surface area contributed by atoms with E-state index in [1.165, 1.54) is 61.9 Å². The lowest BCUT2D eigenvalue weighted by Crippen LogP contribution is -2.49. The van der Waals surface area contributed by atoms with E-state index in [-0.39, 0.29) is 76.0 Å². The van der Waals surface area contributed by atoms with E-state index < -0.39 is 51.5 Å². The summed E-state index contributed by atoms with van der Waals surface area (Å²) in [6.45, 7) is -1.53. The van der Waals surface area contributed by atoms with E-state index in [2.05, 4.69) is 20.0 Å². The number of halogens is 4. The lowest BCUT2D eigenvalue weighted by molar-refractivity contribution is -0.196. The molecule has 51 heavy (non-hydrogen) atoms. The number of nitrogens with one attached hydrogen (secondary N) is 1. The number of fused-ring (bicyclic) bond motifs is 1. The maximum absolute atomic E-state index is 17.2. The molecule has 0 atom stereocenters. The molecular formula is C36H32F4N4O6S. The number of carbonyl (C=O) groups excluding carboxylic acids is 2. The Morgan fingerprint density at radius 1 is 1.04 bits per heavy atom. The highest BCUT2D eigenvalue weighted by Gasteiger charge is 2.50. The number of carbonyl (C=O) groups is 2. The molecule has 1 aliphatic rings. The molecular weight excluding hydrogens is 692 g/mol. The first-order valence-corrected chi connectivity index (χ1v) is 17.7. The molecule has 0 spiro atoms. The van der Waals surface area contributed by atoms with Gasteiger partial charge in [-0.1, -0.05) is 18.2 Å². The summed E-state index contributed by atoms with van der Waals surface area (Å²) in [4.78, 5) is 35.7. The summed E-state index contributed by atoms with van der Waals surface area (Å²) in [5.74, 6) is -2.45. The van der Waals surface area contributed by atoms with Gasteiger partial charge in [-0.3, -0.25) is 13.9 Å². The van der Waals surface area contributed by atoms with Crippen molar-refractivity contribution in [2.24, 2.45) is 0 Å². The third kappa shape index (κ3) is 6.82. The number of ketones is 1. The lowest BCUT2D eigenvalue weighted by atomic mass is 9.63. The number of nitrogens with zero attached hydrogens (tertiary/aromatic N) is 3. The average molecular weight is 725 g/mol. The number of rotatable bonds is 12. The maximum Gasteiger partial charge on any atom is 0.345 e. The number of alkyl halides is 2. The van der Waals surface area contributed by atoms with Crippen LogP contribution in [0.5, 0.6) is 0 Å². The van der Waals surface area contributed by atoms with Crippen molar-refractivity contribution in [3.63, 3.8) is 0 Å². The SMILES string of the molecule is CCN(c1cc2oc(-c3ccc(F)cc3)c(C(=O)NC)c2c(F)c1-c1cccc(C(=O)CC2(c3ncccn3)CC(OC(F)F)C2)c1)S(C)(=O)=O. The Labute approximate surface area is 290 Å². The highest BCUT2D eigenvalue weighted by atomic mass is 32.2. The largest absolute Gasteiger partial charge is 0.455 e. The average Bonchev–Trinajstić information content (AvgIpc) is 3.47. The number of amides is 1. The molecule has 15 heteroatoms. The summed E-state index contributed by atoms with van der Waals surface area (Å²) in [5, 5.41) is 2.22. The van der Waals surface area contributed by atoms with Gasteiger partial charge in [-0.05, 0) is 61.7 Å². The van der Waals surface area contributed by atoms with E-state index >= 15 is 4.39 Å². The van der Waals surface area contributed by atoms with Crippen molar-refractivity contribution >= 4 is 38.4 Å². The second-order valence-corrected chi connectivity index (χ2v) is 14.1. The fraction of sp³-hybridized carbons (Fsp3) is 0.278. The molecule has 1 N–H and O–H groups in total. The molecule has 1 amide bonds. The zero-order chi connectivity index (χ0) is 36.7. The summed E-state index contributed by atoms with van der Waals surface area (Å²) in [6, 6.07) is 13.8. The molecule has 266 valence electrons. The molecule has 0 radical (unpaired) electrons. The zero-order valence-corrected chi connectivity index (χ0v) is 28.4. The van der Waals surface area contributed by atoms with Crippen molar-refractivity contribution in [1.82, 2.24) is 15.3 Å². The molecule has 0 saturated heterocycles. The van der Waals surface area contributed by atoms with Gasteiger partial charge in [0.1, 0.15) is 28.8 Å². The molecule has 6 rings (SSSR count). The number of hydrogen-bond acceptors (Lipinski definition) is 8. The van der Waals surface area contributed by atoms with Gasteiger partial charge < -0.3 is 14.5 Å². The minimum absolute atomic E-state index is 0.0688. The monoisotopic (exact) mass is 724 g/mol. The minimum Gasteiger partial charge on any atom is -0.455 e. The molecule has 1 aliphatic carbocycles. The van der Waals surface area contributed by atoms with Gasteiger partial charge in [0.15, 0.2) is 5.78 Å². The Kier molecular flexibility index (Phi) is 9.70. The van der Waals surface area contributed by atoms with Crippen molar-refractivity contribution in [2.75, 3.05) is 24.2 Å². The van der Waals surface area contributed by atoms with Crippen LogP contribution in [0, 0.1) is 11.6 Å². The number of anilines is 1. The van der Waals surface area contributed by atoms with E-state index in [9.17, 15) is 31.2 Å². The Morgan fingerprint density at radius 3 is 2.33 bits per heavy atom. The van der Waals surface area contributed by atoms with E-state index in [1.807, 2.05) is 0 Å². The number of hydrogen-bond donors (Lipinski definition) is 1. The number of aromatic nitrogens is 2. The highest BCUT2D eigenvalue weighted by molar-refractivity contribution is 7.92. The van der Waals surface area contributed by atoms with E-state index in [0.717, 1.165) is 22.7 Å². The summed E-state index contributed by atoms with van der Waals surface area (Å²) in [5.41, 5.74) is -1.17. The Morgan fingerprint density at radius 2 is 1.73 bits per heavy atom. The minimum atomic E-state index is -4.00. The van der Waals surface area contributed by atoms with Gasteiger partial charge in [-0.25, -0.2) is 27.2 Å². The maximum atomic E-state index is 17.2. The van der Waals surface area contributed by atoms with Crippen LogP contribution in [-0.4, -0.2) is 62.6 Å². The predicted octanol–water partition coefficient (Wildman–Crippen LogP) is 6.89. The van der Waals surface area contributed by atoms with Crippen molar-refractivity contribution in [2.45, 2.75) is 44.3 Å². The van der Waals surface area contributed by atoms with Gasteiger partial charge in [-0.2, -0.15) is 8.78 Å². The summed E-state index contributed by atoms with van der Waals surface area (Å²) < 4.78 is 94.6. The normalized spacial score (nSPS) is 17.4. The van der Waals surface area contributed by atoms with Crippen LogP contribution in [0.1, 0.15) is 52.7 Å². The van der Waals surface area contributed by atoms with Gasteiger partial charge in [0.05, 0.1) is 29.0 Å². The molecule has 1 fully saturated rings. The first-order valence-electron chi connectivity index (χ1n) is 15.9. The van der Waals surface area contributed by atoms with Crippen LogP contribution in [-0.2, 0) is 20.2 Å². The summed E-state index contributed by atoms with van der Waals surface area (Å²) >= 11 is 0. The molecule has 1 saturated carbocycles. The van der Waals surface area contributed by atoms with E-state index in [1.54, 1.807) is 13.0 Å². The smallest absolute Gasteiger partial charge is 0.345 e. The van der Waals surface area contributed by atoms with Gasteiger partial charge in [-0.15, -0.1) is 0 Å². The molecule has 3 aromatic carbocycles. The van der Waals surface area contributed by atoms with Crippen LogP contribution in [0.3, 0.4) is 0 Å². The van der Waals surface area contributed by atoms with Gasteiger partial charge in [0.25, 0.3) is 5.91 Å². The van der Waals surface area contributed by atoms with Crippen LogP contribution in [0.25, 0.3) is 33.4 Å². The quantitative estimate of drug-likeness (QED) is 0.109. The standard InChI is InChI=1S/C36H32F4N4O6S/c1-4-44(51(3,47)48)25-16-27-29(30(33(46)41-2)32(50-27)20-9-11-23(37)12-10-20)31(38)28(25)22-8-5-7-21(15-22)26(45)19-36(34-42-13-6-14-43-34)17-24(18-36)49-35(39)40/h5-16,24,35H,4,17-19H2,1-3H3,(H,41,46). The molecule has 2 heterocycles. The summed E-state index contributed by atoms with van der Waals surface area (Å²) in [6.07, 6.45) is 3.09. The number of ether oxygens (including phenoxy) is 1. The van der Waals surface area contributed by atoms with Crippen LogP contribution in [0.15, 0.2) is 77.5 Å². The van der Waals surface area contributed by atoms with Crippen molar-refractivity contribution in [3.8, 4) is 22.5 Å². The molecule has 0 bridgehead atoms. The fourth-order valence-corrected chi connectivity index (χ4v) is 7.66. The van der Waals surface area contributed by atoms with Crippen LogP contribution in [0.2, 0.25) is 0 Å². The first kappa shape index (κ1) is 35.7. The highest BCUT2D eigenvalue weighted by Crippen LogP contribution is 2.48. The molecule has 0 aliphatic heterocycles. The number of benzene rings is 3. The summed E-state index contributed by atoms with van der Waals surface area (Å²) in [7, 11) is -2.65. The number of Topliss-reactive ketones (excluding diaryl/α,β-unsaturated/α-hetero) is 1. The molecule has 10 nitrogen and oxygen atoms in total. The van der Waals surface area contributed by atoms with E-state index in [0.29, 0.717) is 5.82 Å². The van der Waals surface area contributed by atoms with Crippen LogP contribution < -0.4 is 9.62 Å². The molecule has 5 aromatic rings. The Hall–Kier alpha value is -5.15. The van der Waals surface area contributed by atoms with Crippen molar-refractivity contribution < 1.29 is 44.7 Å². The third-order valence-electron chi connectivity index (χ3n) is 8.96. The fourth-order valence-electron chi connectivity index (χ4n) is 6.69. The zero-order valence-electron chi connectivity index (χ0n) is 27.6. The first-order chi connectivity index (χ1) is 24.3. The van der Waals surface area contributed by atoms with Crippen LogP contribution >= 0.6 is 0 Å². The van der Waals surface area contributed by atoms with Crippen molar-refractivity contribution in [3.05, 3.63) is 102 Å². The number of furan rings is 1. The van der Waals surface area contributed by atoms with Crippen molar-refractivity contribution in [1.29, 1.82) is 0 Å². The predicted molar refractivity (Wildman–Crippen MR) is 181 cm³/mol. The second kappa shape index (κ2) is 13.9. The molecule has 0 unspecified atom stereocenters. The van der Waals surface area contributed by atoms with E-state index in [4.69, 9.17) is 4.42 Å². The molecule has 2 aromatic heterocycles. The lowest BCUT2D eigenvalue weighted by Gasteiger charge is -2.45. The van der Waals surface area contributed by atoms with Gasteiger partial charge in [0.2, 0.25) is 10.0 Å².